The number of piperazine rings is 1. The number of hydrogen-bond acceptors (Lipinski definition) is 7. The number of benzene rings is 1. The van der Waals surface area contributed by atoms with E-state index in [0.717, 1.165) is 0 Å². The van der Waals surface area contributed by atoms with Crippen molar-refractivity contribution in [1.29, 1.82) is 0 Å². The van der Waals surface area contributed by atoms with Gasteiger partial charge in [0.25, 0.3) is 5.91 Å². The van der Waals surface area contributed by atoms with Crippen LogP contribution in [0.25, 0.3) is 0 Å². The summed E-state index contributed by atoms with van der Waals surface area (Å²) in [7, 11) is -3.66. The molecule has 0 aliphatic carbocycles. The van der Waals surface area contributed by atoms with Crippen molar-refractivity contribution in [3.63, 3.8) is 0 Å². The Morgan fingerprint density at radius 2 is 1.82 bits per heavy atom. The second-order valence-corrected chi connectivity index (χ2v) is 8.52. The molecule has 11 heteroatoms. The van der Waals surface area contributed by atoms with Crippen molar-refractivity contribution in [2.45, 2.75) is 11.8 Å². The average Bonchev–Trinajstić information content (AvgIpc) is 3.13. The second-order valence-electron chi connectivity index (χ2n) is 6.15. The van der Waals surface area contributed by atoms with E-state index in [2.05, 4.69) is 5.16 Å². The number of carbonyl (C=O) groups excluding carboxylic acids is 2. The number of nitrogens with zero attached hydrogens (tertiary/aromatic N) is 3. The third-order valence-electron chi connectivity index (χ3n) is 4.20. The number of rotatable bonds is 5. The minimum absolute atomic E-state index is 0.0795. The molecular weight excluding hydrogens is 410 g/mol. The Bertz CT molecular complexity index is 965. The Morgan fingerprint density at radius 1 is 1.18 bits per heavy atom. The number of halogens is 1. The zero-order chi connectivity index (χ0) is 20.3. The molecule has 2 aromatic rings. The van der Waals surface area contributed by atoms with E-state index in [9.17, 15) is 18.0 Å². The third-order valence-corrected chi connectivity index (χ3v) is 6.36. The van der Waals surface area contributed by atoms with Gasteiger partial charge in [0.1, 0.15) is 0 Å². The number of aryl methyl sites for hydroxylation is 1. The average molecular weight is 428 g/mol. The molecule has 1 saturated heterocycles. The van der Waals surface area contributed by atoms with Crippen LogP contribution in [0, 0.1) is 6.92 Å². The van der Waals surface area contributed by atoms with Crippen LogP contribution in [0.4, 0.5) is 0 Å². The van der Waals surface area contributed by atoms with Gasteiger partial charge in [-0.3, -0.25) is 4.79 Å². The lowest BCUT2D eigenvalue weighted by Gasteiger charge is -2.33. The van der Waals surface area contributed by atoms with E-state index in [0.29, 0.717) is 10.7 Å². The molecule has 2 heterocycles. The Labute approximate surface area is 166 Å². The maximum atomic E-state index is 12.6. The molecular formula is C17H18ClN3O6S. The highest BCUT2D eigenvalue weighted by Gasteiger charge is 2.30. The summed E-state index contributed by atoms with van der Waals surface area (Å²) >= 11 is 5.80. The molecule has 28 heavy (non-hydrogen) atoms. The maximum absolute atomic E-state index is 12.6. The van der Waals surface area contributed by atoms with Gasteiger partial charge < -0.3 is 14.2 Å². The monoisotopic (exact) mass is 427 g/mol. The lowest BCUT2D eigenvalue weighted by atomic mass is 10.3. The zero-order valence-corrected chi connectivity index (χ0v) is 16.6. The molecule has 0 atom stereocenters. The van der Waals surface area contributed by atoms with Gasteiger partial charge >= 0.3 is 5.97 Å². The fourth-order valence-electron chi connectivity index (χ4n) is 2.68. The Kier molecular flexibility index (Phi) is 6.01. The molecule has 0 bridgehead atoms. The molecule has 150 valence electrons. The lowest BCUT2D eigenvalue weighted by molar-refractivity contribution is -0.135. The molecule has 0 unspecified atom stereocenters. The first kappa shape index (κ1) is 20.3. The number of amides is 1. The van der Waals surface area contributed by atoms with Crippen molar-refractivity contribution in [2.24, 2.45) is 0 Å². The summed E-state index contributed by atoms with van der Waals surface area (Å²) in [6, 6.07) is 7.32. The van der Waals surface area contributed by atoms with E-state index >= 15 is 0 Å². The fourth-order valence-corrected chi connectivity index (χ4v) is 4.23. The van der Waals surface area contributed by atoms with Crippen LogP contribution in [-0.4, -0.2) is 67.4 Å². The van der Waals surface area contributed by atoms with Gasteiger partial charge in [-0.1, -0.05) is 16.8 Å². The first-order chi connectivity index (χ1) is 13.3. The number of ether oxygens (including phenoxy) is 1. The number of carbonyl (C=O) groups is 2. The Hall–Kier alpha value is -2.43. The maximum Gasteiger partial charge on any atom is 0.377 e. The van der Waals surface area contributed by atoms with E-state index < -0.39 is 28.5 Å². The molecule has 0 radical (unpaired) electrons. The van der Waals surface area contributed by atoms with E-state index in [1.165, 1.54) is 39.5 Å². The molecule has 1 fully saturated rings. The van der Waals surface area contributed by atoms with E-state index in [4.69, 9.17) is 20.9 Å². The van der Waals surface area contributed by atoms with Crippen molar-refractivity contribution >= 4 is 33.5 Å². The van der Waals surface area contributed by atoms with Crippen LogP contribution in [0.3, 0.4) is 0 Å². The lowest BCUT2D eigenvalue weighted by Crippen LogP contribution is -2.51. The molecule has 0 N–H and O–H groups in total. The number of hydrogen-bond donors (Lipinski definition) is 0. The quantitative estimate of drug-likeness (QED) is 0.662. The molecule has 3 rings (SSSR count). The smallest absolute Gasteiger partial charge is 0.377 e. The summed E-state index contributed by atoms with van der Waals surface area (Å²) in [5.74, 6) is -1.27. The highest BCUT2D eigenvalue weighted by molar-refractivity contribution is 7.89. The van der Waals surface area contributed by atoms with Crippen molar-refractivity contribution < 1.29 is 27.3 Å². The third kappa shape index (κ3) is 4.51. The SMILES string of the molecule is Cc1cc(C(=O)OCC(=O)N2CCN(S(=O)(=O)c3ccc(Cl)cc3)CC2)on1. The van der Waals surface area contributed by atoms with Crippen LogP contribution < -0.4 is 0 Å². The molecule has 9 nitrogen and oxygen atoms in total. The van der Waals surface area contributed by atoms with Crippen molar-refractivity contribution in [2.75, 3.05) is 32.8 Å². The molecule has 0 spiro atoms. The van der Waals surface area contributed by atoms with E-state index in [-0.39, 0.29) is 36.8 Å². The van der Waals surface area contributed by atoms with Crippen LogP contribution in [-0.2, 0) is 19.6 Å². The predicted molar refractivity (Wildman–Crippen MR) is 98.3 cm³/mol. The normalized spacial score (nSPS) is 15.4. The summed E-state index contributed by atoms with van der Waals surface area (Å²) in [5, 5.41) is 4.02. The topological polar surface area (TPSA) is 110 Å². The molecule has 1 aromatic heterocycles. The summed E-state index contributed by atoms with van der Waals surface area (Å²) < 4.78 is 36.3. The summed E-state index contributed by atoms with van der Waals surface area (Å²) in [6.45, 7) is 1.89. The van der Waals surface area contributed by atoms with Gasteiger partial charge in [0.15, 0.2) is 6.61 Å². The number of esters is 1. The predicted octanol–water partition coefficient (Wildman–Crippen LogP) is 1.33. The van der Waals surface area contributed by atoms with Crippen LogP contribution in [0.2, 0.25) is 5.02 Å². The molecule has 1 aliphatic rings. The summed E-state index contributed by atoms with van der Waals surface area (Å²) in [5.41, 5.74) is 0.524. The van der Waals surface area contributed by atoms with Crippen molar-refractivity contribution in [3.8, 4) is 0 Å². The largest absolute Gasteiger partial charge is 0.450 e. The standard InChI is InChI=1S/C17H18ClN3O6S/c1-12-10-15(27-19-12)17(23)26-11-16(22)20-6-8-21(9-7-20)28(24,25)14-4-2-13(18)3-5-14/h2-5,10H,6-9,11H2,1H3. The first-order valence-electron chi connectivity index (χ1n) is 8.41. The second kappa shape index (κ2) is 8.29. The number of aromatic nitrogens is 1. The van der Waals surface area contributed by atoms with Gasteiger partial charge in [-0.15, -0.1) is 0 Å². The van der Waals surface area contributed by atoms with Gasteiger partial charge in [0.2, 0.25) is 15.8 Å². The van der Waals surface area contributed by atoms with Crippen LogP contribution in [0.15, 0.2) is 39.8 Å². The summed E-state index contributed by atoms with van der Waals surface area (Å²) in [4.78, 5) is 25.6. The van der Waals surface area contributed by atoms with Gasteiger partial charge in [-0.2, -0.15) is 4.31 Å². The van der Waals surface area contributed by atoms with Gasteiger partial charge in [0, 0.05) is 37.3 Å². The van der Waals surface area contributed by atoms with E-state index in [1.54, 1.807) is 6.92 Å². The van der Waals surface area contributed by atoms with Gasteiger partial charge in [0.05, 0.1) is 10.6 Å². The molecule has 1 aromatic carbocycles. The van der Waals surface area contributed by atoms with Gasteiger partial charge in [-0.25, -0.2) is 13.2 Å². The zero-order valence-electron chi connectivity index (χ0n) is 15.0. The highest BCUT2D eigenvalue weighted by atomic mass is 35.5. The van der Waals surface area contributed by atoms with Crippen LogP contribution in [0.1, 0.15) is 16.2 Å². The van der Waals surface area contributed by atoms with Gasteiger partial charge in [-0.05, 0) is 31.2 Å². The number of sulfonamides is 1. The summed E-state index contributed by atoms with van der Waals surface area (Å²) in [6.07, 6.45) is 0. The van der Waals surface area contributed by atoms with E-state index in [1.807, 2.05) is 0 Å². The minimum atomic E-state index is -3.66. The molecule has 0 saturated carbocycles. The Morgan fingerprint density at radius 3 is 2.39 bits per heavy atom. The Balaban J connectivity index is 1.52. The van der Waals surface area contributed by atoms with Crippen LogP contribution in [0.5, 0.6) is 0 Å². The van der Waals surface area contributed by atoms with Crippen molar-refractivity contribution in [1.82, 2.24) is 14.4 Å². The molecule has 1 amide bonds. The van der Waals surface area contributed by atoms with Crippen LogP contribution >= 0.6 is 11.6 Å². The first-order valence-corrected chi connectivity index (χ1v) is 10.2. The fraction of sp³-hybridized carbons (Fsp3) is 0.353. The minimum Gasteiger partial charge on any atom is -0.450 e. The highest BCUT2D eigenvalue weighted by Crippen LogP contribution is 2.20. The van der Waals surface area contributed by atoms with Crippen molar-refractivity contribution in [3.05, 3.63) is 46.8 Å². The molecule has 1 aliphatic heterocycles.